The van der Waals surface area contributed by atoms with Gasteiger partial charge in [0.2, 0.25) is 5.13 Å². The highest BCUT2D eigenvalue weighted by Crippen LogP contribution is 2.47. The summed E-state index contributed by atoms with van der Waals surface area (Å²) < 4.78 is 32.9. The average molecular weight is 552 g/mol. The van der Waals surface area contributed by atoms with E-state index in [1.165, 1.54) is 35.6 Å². The summed E-state index contributed by atoms with van der Waals surface area (Å²) in [4.78, 5) is 18.2. The lowest BCUT2D eigenvalue weighted by molar-refractivity contribution is 0.486. The molecule has 7 rings (SSSR count). The van der Waals surface area contributed by atoms with E-state index in [0.29, 0.717) is 21.2 Å². The van der Waals surface area contributed by atoms with E-state index in [2.05, 4.69) is 11.1 Å². The van der Waals surface area contributed by atoms with Gasteiger partial charge in [-0.2, -0.15) is 5.10 Å². The molecule has 8 heteroatoms. The number of para-hydroxylation sites is 1. The number of fused-ring (bicyclic) bond motifs is 2. The molecule has 0 N–H and O–H groups in total. The fourth-order valence-corrected chi connectivity index (χ4v) is 6.55. The first kappa shape index (κ1) is 24.6. The summed E-state index contributed by atoms with van der Waals surface area (Å²) in [5, 5.41) is 8.48. The van der Waals surface area contributed by atoms with Gasteiger partial charge in [0.15, 0.2) is 0 Å². The molecule has 5 nitrogen and oxygen atoms in total. The molecule has 3 heterocycles. The lowest BCUT2D eigenvalue weighted by atomic mass is 9.77. The van der Waals surface area contributed by atoms with E-state index in [1.807, 2.05) is 29.3 Å². The Bertz CT molecular complexity index is 1840. The van der Waals surface area contributed by atoms with Gasteiger partial charge in [-0.3, -0.25) is 0 Å². The highest BCUT2D eigenvalue weighted by Gasteiger charge is 2.43. The molecular formula is C32H23F2N3O2S. The molecular weight excluding hydrogens is 528 g/mol. The molecule has 5 aromatic rings. The van der Waals surface area contributed by atoms with Crippen LogP contribution >= 0.6 is 11.3 Å². The van der Waals surface area contributed by atoms with Gasteiger partial charge < -0.3 is 4.42 Å². The number of nitrogens with zero attached hydrogens (tertiary/aromatic N) is 3. The highest BCUT2D eigenvalue weighted by atomic mass is 32.1. The smallest absolute Gasteiger partial charge is 0.345 e. The first-order valence-electron chi connectivity index (χ1n) is 13.1. The number of hydrogen-bond donors (Lipinski definition) is 0. The zero-order valence-electron chi connectivity index (χ0n) is 21.3. The largest absolute Gasteiger partial charge is 0.422 e. The number of hydrazone groups is 1. The van der Waals surface area contributed by atoms with E-state index in [9.17, 15) is 13.6 Å². The maximum absolute atomic E-state index is 13.9. The maximum Gasteiger partial charge on any atom is 0.345 e. The second-order valence-corrected chi connectivity index (χ2v) is 11.0. The fourth-order valence-electron chi connectivity index (χ4n) is 5.64. The molecule has 1 aliphatic carbocycles. The second-order valence-electron chi connectivity index (χ2n) is 10.0. The summed E-state index contributed by atoms with van der Waals surface area (Å²) in [6.07, 6.45) is 6.51. The van der Waals surface area contributed by atoms with Crippen LogP contribution in [0.5, 0.6) is 0 Å². The van der Waals surface area contributed by atoms with Crippen LogP contribution in [0.15, 0.2) is 105 Å². The second kappa shape index (κ2) is 9.95. The van der Waals surface area contributed by atoms with Gasteiger partial charge in [-0.05, 0) is 78.4 Å². The highest BCUT2D eigenvalue weighted by molar-refractivity contribution is 7.18. The SMILES string of the molecule is O=c1oc2ccccc2cc1-c1cnc(N2N=C3C(=Cc4ccc(F)cc4)CCC[C@H]3[C@@H]2c2ccc(F)cc2)s1. The molecule has 0 spiro atoms. The van der Waals surface area contributed by atoms with Crippen molar-refractivity contribution in [3.8, 4) is 10.4 Å². The number of halogens is 2. The third-order valence-corrected chi connectivity index (χ3v) is 8.54. The van der Waals surface area contributed by atoms with Crippen molar-refractivity contribution in [1.29, 1.82) is 0 Å². The lowest BCUT2D eigenvalue weighted by Gasteiger charge is -2.29. The van der Waals surface area contributed by atoms with Crippen molar-refractivity contribution in [2.45, 2.75) is 25.3 Å². The van der Waals surface area contributed by atoms with Crippen molar-refractivity contribution in [3.63, 3.8) is 0 Å². The summed E-state index contributed by atoms with van der Waals surface area (Å²) >= 11 is 1.37. The Kier molecular flexibility index (Phi) is 6.12. The molecule has 40 heavy (non-hydrogen) atoms. The number of thiazole rings is 1. The molecule has 1 fully saturated rings. The van der Waals surface area contributed by atoms with Crippen molar-refractivity contribution in [2.75, 3.05) is 5.01 Å². The average Bonchev–Trinajstić information content (AvgIpc) is 3.60. The Morgan fingerprint density at radius 2 is 1.73 bits per heavy atom. The van der Waals surface area contributed by atoms with Crippen LogP contribution in [0, 0.1) is 17.6 Å². The Morgan fingerprint density at radius 1 is 0.975 bits per heavy atom. The molecule has 2 atom stereocenters. The van der Waals surface area contributed by atoms with Gasteiger partial charge in [0.25, 0.3) is 0 Å². The van der Waals surface area contributed by atoms with Crippen molar-refractivity contribution < 1.29 is 13.2 Å². The van der Waals surface area contributed by atoms with Crippen LogP contribution in [0.3, 0.4) is 0 Å². The van der Waals surface area contributed by atoms with E-state index in [1.54, 1.807) is 36.5 Å². The van der Waals surface area contributed by atoms with Crippen LogP contribution < -0.4 is 10.6 Å². The first-order chi connectivity index (χ1) is 19.5. The van der Waals surface area contributed by atoms with Crippen LogP contribution in [0.4, 0.5) is 13.9 Å². The molecule has 1 saturated carbocycles. The number of allylic oxidation sites excluding steroid dienone is 1. The van der Waals surface area contributed by atoms with Gasteiger partial charge in [-0.25, -0.2) is 23.6 Å². The predicted molar refractivity (Wildman–Crippen MR) is 154 cm³/mol. The van der Waals surface area contributed by atoms with E-state index >= 15 is 0 Å². The summed E-state index contributed by atoms with van der Waals surface area (Å²) in [6, 6.07) is 22.0. The van der Waals surface area contributed by atoms with Crippen molar-refractivity contribution in [1.82, 2.24) is 4.98 Å². The molecule has 0 amide bonds. The summed E-state index contributed by atoms with van der Waals surface area (Å²) in [5.74, 6) is -0.497. The minimum atomic E-state index is -0.421. The van der Waals surface area contributed by atoms with Gasteiger partial charge in [0, 0.05) is 17.5 Å². The minimum Gasteiger partial charge on any atom is -0.422 e. The molecule has 198 valence electrons. The quantitative estimate of drug-likeness (QED) is 0.212. The Morgan fingerprint density at radius 3 is 2.52 bits per heavy atom. The van der Waals surface area contributed by atoms with Gasteiger partial charge in [0.1, 0.15) is 17.2 Å². The zero-order valence-corrected chi connectivity index (χ0v) is 22.1. The molecule has 0 bridgehead atoms. The molecule has 2 aliphatic rings. The molecule has 1 aliphatic heterocycles. The summed E-state index contributed by atoms with van der Waals surface area (Å²) in [6.45, 7) is 0. The van der Waals surface area contributed by atoms with Crippen LogP contribution in [0.2, 0.25) is 0 Å². The number of anilines is 1. The van der Waals surface area contributed by atoms with E-state index in [0.717, 1.165) is 47.1 Å². The van der Waals surface area contributed by atoms with Gasteiger partial charge in [-0.1, -0.05) is 53.8 Å². The van der Waals surface area contributed by atoms with Gasteiger partial charge in [0.05, 0.1) is 22.2 Å². The van der Waals surface area contributed by atoms with E-state index in [-0.39, 0.29) is 23.6 Å². The molecule has 3 aromatic carbocycles. The lowest BCUT2D eigenvalue weighted by Crippen LogP contribution is -2.28. The van der Waals surface area contributed by atoms with Gasteiger partial charge in [-0.15, -0.1) is 0 Å². The van der Waals surface area contributed by atoms with Crippen LogP contribution in [-0.4, -0.2) is 10.7 Å². The fraction of sp³-hybridized carbons (Fsp3) is 0.156. The maximum atomic E-state index is 13.9. The minimum absolute atomic E-state index is 0.0731. The first-order valence-corrected chi connectivity index (χ1v) is 13.9. The number of rotatable bonds is 4. The Hall–Kier alpha value is -4.43. The van der Waals surface area contributed by atoms with Crippen molar-refractivity contribution in [3.05, 3.63) is 124 Å². The van der Waals surface area contributed by atoms with Crippen LogP contribution in [0.1, 0.15) is 36.4 Å². The Labute approximate surface area is 232 Å². The van der Waals surface area contributed by atoms with E-state index < -0.39 is 5.63 Å². The third kappa shape index (κ3) is 4.44. The third-order valence-electron chi connectivity index (χ3n) is 7.52. The standard InChI is InChI=1S/C32H23F2N3O2S/c33-23-12-8-19(9-13-23)16-22-5-3-6-25-29(22)36-37(30(25)20-10-14-24(34)15-11-20)32-35-18-28(40-32)26-17-21-4-1-2-7-27(21)39-31(26)38/h1-2,4,7-18,25,30H,3,5-6H2/t25-,30+/m1/s1. The molecule has 2 aromatic heterocycles. The number of hydrogen-bond acceptors (Lipinski definition) is 6. The van der Waals surface area contributed by atoms with Gasteiger partial charge >= 0.3 is 5.63 Å². The topological polar surface area (TPSA) is 58.7 Å². The molecule has 0 saturated heterocycles. The molecule has 0 unspecified atom stereocenters. The molecule has 0 radical (unpaired) electrons. The Balaban J connectivity index is 1.31. The summed E-state index contributed by atoms with van der Waals surface area (Å²) in [7, 11) is 0. The van der Waals surface area contributed by atoms with E-state index in [4.69, 9.17) is 9.52 Å². The monoisotopic (exact) mass is 551 g/mol. The zero-order chi connectivity index (χ0) is 27.2. The van der Waals surface area contributed by atoms with Crippen LogP contribution in [-0.2, 0) is 0 Å². The summed E-state index contributed by atoms with van der Waals surface area (Å²) in [5.41, 5.74) is 4.48. The van der Waals surface area contributed by atoms with Crippen molar-refractivity contribution in [2.24, 2.45) is 11.0 Å². The van der Waals surface area contributed by atoms with Crippen molar-refractivity contribution >= 4 is 39.2 Å². The normalized spacial score (nSPS) is 19.7. The number of aromatic nitrogens is 1. The number of benzene rings is 3. The van der Waals surface area contributed by atoms with Crippen LogP contribution in [0.25, 0.3) is 27.5 Å². The predicted octanol–water partition coefficient (Wildman–Crippen LogP) is 8.00.